The van der Waals surface area contributed by atoms with Gasteiger partial charge >= 0.3 is 18.1 Å². The predicted molar refractivity (Wildman–Crippen MR) is 448 cm³/mol. The van der Waals surface area contributed by atoms with E-state index in [0.29, 0.717) is 5.56 Å². The molecule has 0 saturated carbocycles. The van der Waals surface area contributed by atoms with Crippen LogP contribution in [0.25, 0.3) is 0 Å². The zero-order valence-electron chi connectivity index (χ0n) is 68.1. The first-order valence-corrected chi connectivity index (χ1v) is 43.7. The van der Waals surface area contributed by atoms with Crippen LogP contribution in [0.1, 0.15) is 81.2 Å². The molecular formula is C97H106F3NO18Si. The van der Waals surface area contributed by atoms with Gasteiger partial charge in [0.2, 0.25) is 0 Å². The molecule has 10 aromatic carbocycles. The van der Waals surface area contributed by atoms with Crippen LogP contribution in [0.4, 0.5) is 18.9 Å². The molecule has 3 fully saturated rings. The molecule has 23 heteroatoms. The third-order valence-corrected chi connectivity index (χ3v) is 26.2. The summed E-state index contributed by atoms with van der Waals surface area (Å²) in [5, 5.41) is 1.57. The monoisotopic (exact) mass is 1660 g/mol. The Hall–Kier alpha value is -9.45. The summed E-state index contributed by atoms with van der Waals surface area (Å²) in [6.45, 7) is 10.9. The standard InChI is InChI=1S/C97H106F3NO18Si/c1-96(2,3)120(4,5)113-67-81-84(118-94-90(117-91(102)77-49-31-14-32-50-77)86(110-62-74-43-25-11-26-44-74)83(108-60-72-39-21-9-22-40-72)80(116-94)66-105-58-70-35-17-7-18-36-70)87(89(112-64-76-47-29-13-30-48-76)92(114-81)106-56-55-68-51-53-78(54-52-68)101-95(103)97(98,99)100)119-93-88(111-63-75-45-27-12-28-46-75)85(109-61-73-41-23-10-24-42-73)82(107-59-71-37-19-8-20-38-71)79(115-93)65-104-57-69-33-15-6-16-34-69/h6-54,79-90,92-94H,55-67H2,1-5H3,(H,101,103)/t79-,80-,81-,82-,83-,84-,85+,86+,87+,88-,89-,90-,92+,93+,94+/m1/s1. The molecule has 0 aliphatic carbocycles. The predicted octanol–water partition coefficient (Wildman–Crippen LogP) is 17.9. The molecule has 1 N–H and O–H groups in total. The van der Waals surface area contributed by atoms with E-state index in [0.717, 1.165) is 44.5 Å². The van der Waals surface area contributed by atoms with Crippen LogP contribution in [0.2, 0.25) is 18.1 Å². The maximum absolute atomic E-state index is 15.4. The number of alkyl halides is 3. The lowest BCUT2D eigenvalue weighted by Crippen LogP contribution is -2.69. The molecule has 0 aromatic heterocycles. The number of esters is 1. The highest BCUT2D eigenvalue weighted by Gasteiger charge is 2.59. The molecule has 3 heterocycles. The van der Waals surface area contributed by atoms with Crippen LogP contribution in [-0.2, 0) is 140 Å². The number of benzene rings is 10. The van der Waals surface area contributed by atoms with Gasteiger partial charge in [0.15, 0.2) is 33.3 Å². The summed E-state index contributed by atoms with van der Waals surface area (Å²) < 4.78 is 158. The Balaban J connectivity index is 0.990. The van der Waals surface area contributed by atoms with Crippen molar-refractivity contribution < 1.29 is 98.2 Å². The minimum absolute atomic E-state index is 0.0119. The van der Waals surface area contributed by atoms with E-state index in [9.17, 15) is 18.0 Å². The van der Waals surface area contributed by atoms with Crippen molar-refractivity contribution >= 4 is 25.9 Å². The van der Waals surface area contributed by atoms with Gasteiger partial charge in [0.25, 0.3) is 0 Å². The first kappa shape index (κ1) is 88.3. The maximum atomic E-state index is 15.4. The van der Waals surface area contributed by atoms with E-state index in [1.807, 2.05) is 248 Å². The van der Waals surface area contributed by atoms with Crippen LogP contribution in [0, 0.1) is 0 Å². The molecule has 632 valence electrons. The lowest BCUT2D eigenvalue weighted by Gasteiger charge is -2.52. The van der Waals surface area contributed by atoms with Crippen molar-refractivity contribution in [1.29, 1.82) is 0 Å². The Labute approximate surface area is 701 Å². The molecule has 3 aliphatic heterocycles. The second-order valence-electron chi connectivity index (χ2n) is 31.5. The fourth-order valence-corrected chi connectivity index (χ4v) is 15.2. The zero-order chi connectivity index (χ0) is 83.5. The van der Waals surface area contributed by atoms with Gasteiger partial charge in [-0.3, -0.25) is 4.79 Å². The normalized spacial score (nSPS) is 23.4. The van der Waals surface area contributed by atoms with Crippen molar-refractivity contribution in [2.24, 2.45) is 0 Å². The number of hydrogen-bond acceptors (Lipinski definition) is 18. The van der Waals surface area contributed by atoms with Crippen molar-refractivity contribution in [3.05, 3.63) is 353 Å². The average molecular weight is 1660 g/mol. The minimum atomic E-state index is -5.11. The molecule has 1 amide bonds. The fourth-order valence-electron chi connectivity index (χ4n) is 14.1. The van der Waals surface area contributed by atoms with E-state index >= 15 is 4.79 Å². The molecule has 0 bridgehead atoms. The summed E-state index contributed by atoms with van der Waals surface area (Å²) in [5.41, 5.74) is 7.61. The summed E-state index contributed by atoms with van der Waals surface area (Å²) >= 11 is 0. The Morgan fingerprint density at radius 1 is 0.342 bits per heavy atom. The van der Waals surface area contributed by atoms with Gasteiger partial charge in [0, 0.05) is 5.69 Å². The summed E-state index contributed by atoms with van der Waals surface area (Å²) in [4.78, 5) is 27.5. The smallest absolute Gasteiger partial charge is 0.450 e. The average Bonchev–Trinajstić information content (AvgIpc) is 0.755. The third kappa shape index (κ3) is 25.6. The van der Waals surface area contributed by atoms with Gasteiger partial charge in [-0.05, 0) is 98.9 Å². The summed E-state index contributed by atoms with van der Waals surface area (Å²) in [5.74, 6) is -2.83. The molecule has 19 nitrogen and oxygen atoms in total. The highest BCUT2D eigenvalue weighted by Crippen LogP contribution is 2.42. The lowest BCUT2D eigenvalue weighted by atomic mass is 9.95. The number of rotatable bonds is 40. The molecule has 10 aromatic rings. The van der Waals surface area contributed by atoms with E-state index in [4.69, 9.17) is 75.5 Å². The van der Waals surface area contributed by atoms with Crippen molar-refractivity contribution in [1.82, 2.24) is 0 Å². The van der Waals surface area contributed by atoms with Crippen molar-refractivity contribution in [3.63, 3.8) is 0 Å². The molecule has 13 rings (SSSR count). The second-order valence-corrected chi connectivity index (χ2v) is 36.3. The summed E-state index contributed by atoms with van der Waals surface area (Å²) in [7, 11) is -2.82. The molecule has 0 spiro atoms. The van der Waals surface area contributed by atoms with Crippen LogP contribution in [0.15, 0.2) is 297 Å². The number of carbonyl (C=O) groups is 2. The molecule has 3 aliphatic rings. The Bertz CT molecular complexity index is 4640. The molecule has 3 saturated heterocycles. The number of nitrogens with one attached hydrogen (secondary N) is 1. The van der Waals surface area contributed by atoms with Crippen molar-refractivity contribution in [3.8, 4) is 0 Å². The van der Waals surface area contributed by atoms with Crippen LogP contribution >= 0.6 is 0 Å². The van der Waals surface area contributed by atoms with Gasteiger partial charge in [-0.2, -0.15) is 13.2 Å². The topological polar surface area (TPSA) is 194 Å². The lowest BCUT2D eigenvalue weighted by molar-refractivity contribution is -0.397. The van der Waals surface area contributed by atoms with Gasteiger partial charge in [0.1, 0.15) is 67.1 Å². The molecular weight excluding hydrogens is 1550 g/mol. The first-order chi connectivity index (χ1) is 58.3. The van der Waals surface area contributed by atoms with Crippen LogP contribution < -0.4 is 5.32 Å². The van der Waals surface area contributed by atoms with Crippen molar-refractivity contribution in [2.45, 2.75) is 196 Å². The van der Waals surface area contributed by atoms with Gasteiger partial charge in [-0.1, -0.05) is 294 Å². The Morgan fingerprint density at radius 2 is 0.658 bits per heavy atom. The SMILES string of the molecule is CC(C)(C)[Si](C)(C)OC[C@H]1O[C@H](OCCc2ccc(NC(=O)C(F)(F)F)cc2)[C@H](OCc2ccccc2)[C@@H](O[C@@H]2O[C@H](COCc3ccccc3)[C@@H](OCc3ccccc3)[C@H](OCc3ccccc3)[C@H]2OCc2ccccc2)[C@@H]1O[C@@H]1O[C@H](COCc2ccccc2)[C@@H](OCc2ccccc2)[C@H](OCc2ccccc2)[C@H]1OC(=O)c1ccccc1. The van der Waals surface area contributed by atoms with Crippen LogP contribution in [0.5, 0.6) is 0 Å². The van der Waals surface area contributed by atoms with Gasteiger partial charge in [-0.15, -0.1) is 0 Å². The second kappa shape index (κ2) is 43.9. The van der Waals surface area contributed by atoms with E-state index < -0.39 is 118 Å². The summed E-state index contributed by atoms with van der Waals surface area (Å²) in [6, 6.07) is 92.5. The van der Waals surface area contributed by atoms with Gasteiger partial charge in [0.05, 0.1) is 84.8 Å². The number of ether oxygens (including phenoxy) is 15. The van der Waals surface area contributed by atoms with E-state index in [1.165, 1.54) is 12.1 Å². The van der Waals surface area contributed by atoms with Gasteiger partial charge < -0.3 is 80.8 Å². The number of hydrogen-bond donors (Lipinski definition) is 1. The number of halogens is 3. The van der Waals surface area contributed by atoms with Crippen LogP contribution in [-0.4, -0.2) is 145 Å². The molecule has 120 heavy (non-hydrogen) atoms. The Kier molecular flexibility index (Phi) is 32.3. The molecule has 0 radical (unpaired) electrons. The molecule has 15 atom stereocenters. The number of amides is 1. The van der Waals surface area contributed by atoms with E-state index in [-0.39, 0.29) is 102 Å². The zero-order valence-corrected chi connectivity index (χ0v) is 69.1. The number of carbonyl (C=O) groups excluding carboxylic acids is 2. The fraction of sp³-hybridized carbons (Fsp3) is 0.361. The van der Waals surface area contributed by atoms with Gasteiger partial charge in [-0.25, -0.2) is 4.79 Å². The highest BCUT2D eigenvalue weighted by molar-refractivity contribution is 6.74. The maximum Gasteiger partial charge on any atom is 0.471 e. The molecule has 0 unspecified atom stereocenters. The minimum Gasteiger partial charge on any atom is -0.450 e. The van der Waals surface area contributed by atoms with Crippen LogP contribution in [0.3, 0.4) is 0 Å². The summed E-state index contributed by atoms with van der Waals surface area (Å²) in [6.07, 6.45) is -23.7. The number of anilines is 1. The van der Waals surface area contributed by atoms with E-state index in [2.05, 4.69) is 33.9 Å². The first-order valence-electron chi connectivity index (χ1n) is 40.8. The highest BCUT2D eigenvalue weighted by atomic mass is 28.4. The quantitative estimate of drug-likeness (QED) is 0.0281. The Morgan fingerprint density at radius 3 is 1.04 bits per heavy atom. The largest absolute Gasteiger partial charge is 0.471 e. The third-order valence-electron chi connectivity index (χ3n) is 21.7. The van der Waals surface area contributed by atoms with E-state index in [1.54, 1.807) is 42.5 Å². The van der Waals surface area contributed by atoms with Crippen molar-refractivity contribution in [2.75, 3.05) is 31.7 Å².